The van der Waals surface area contributed by atoms with Crippen molar-refractivity contribution in [1.82, 2.24) is 0 Å². The second-order valence-corrected chi connectivity index (χ2v) is 5.54. The van der Waals surface area contributed by atoms with Crippen molar-refractivity contribution in [3.8, 4) is 0 Å². The fraction of sp³-hybridized carbons (Fsp3) is 0.467. The number of hydrogen-bond acceptors (Lipinski definition) is 1. The Hall–Kier alpha value is -1.08. The van der Waals surface area contributed by atoms with Crippen molar-refractivity contribution in [3.05, 3.63) is 41.5 Å². The van der Waals surface area contributed by atoms with Gasteiger partial charge in [0.2, 0.25) is 0 Å². The van der Waals surface area contributed by atoms with Crippen molar-refractivity contribution < 1.29 is 5.11 Å². The van der Waals surface area contributed by atoms with Gasteiger partial charge in [-0.25, -0.2) is 0 Å². The van der Waals surface area contributed by atoms with Crippen molar-refractivity contribution in [3.63, 3.8) is 0 Å². The van der Waals surface area contributed by atoms with Crippen LogP contribution in [0.5, 0.6) is 0 Å². The van der Waals surface area contributed by atoms with Gasteiger partial charge in [-0.1, -0.05) is 55.8 Å². The summed E-state index contributed by atoms with van der Waals surface area (Å²) in [6.45, 7) is 6.85. The molecular formula is C15H20O. The van der Waals surface area contributed by atoms with E-state index < -0.39 is 0 Å². The van der Waals surface area contributed by atoms with Gasteiger partial charge in [0, 0.05) is 5.41 Å². The summed E-state index contributed by atoms with van der Waals surface area (Å²) >= 11 is 0. The van der Waals surface area contributed by atoms with Gasteiger partial charge in [0.05, 0.1) is 6.61 Å². The zero-order valence-corrected chi connectivity index (χ0v) is 10.3. The number of benzene rings is 1. The van der Waals surface area contributed by atoms with Gasteiger partial charge in [0.15, 0.2) is 0 Å². The summed E-state index contributed by atoms with van der Waals surface area (Å²) in [7, 11) is 0. The molecule has 0 spiro atoms. The minimum atomic E-state index is 0.0167. The summed E-state index contributed by atoms with van der Waals surface area (Å²) in [5, 5.41) is 9.60. The summed E-state index contributed by atoms with van der Waals surface area (Å²) in [5.74, 6) is 0. The normalized spacial score (nSPS) is 27.9. The molecule has 1 saturated carbocycles. The average Bonchev–Trinajstić information content (AvgIpc) is 2.84. The molecule has 0 amide bonds. The lowest BCUT2D eigenvalue weighted by atomic mass is 9.88. The van der Waals surface area contributed by atoms with Gasteiger partial charge in [-0.15, -0.1) is 0 Å². The maximum Gasteiger partial charge on any atom is 0.0530 e. The molecule has 16 heavy (non-hydrogen) atoms. The topological polar surface area (TPSA) is 20.2 Å². The Kier molecular flexibility index (Phi) is 2.67. The minimum Gasteiger partial charge on any atom is -0.395 e. The second-order valence-electron chi connectivity index (χ2n) is 5.54. The zero-order chi connectivity index (χ0) is 11.8. The maximum atomic E-state index is 9.60. The summed E-state index contributed by atoms with van der Waals surface area (Å²) in [4.78, 5) is 0. The third-order valence-electron chi connectivity index (χ3n) is 4.12. The van der Waals surface area contributed by atoms with Crippen molar-refractivity contribution in [2.24, 2.45) is 10.8 Å². The Morgan fingerprint density at radius 1 is 1.31 bits per heavy atom. The van der Waals surface area contributed by atoms with Gasteiger partial charge in [-0.2, -0.15) is 0 Å². The largest absolute Gasteiger partial charge is 0.395 e. The van der Waals surface area contributed by atoms with E-state index in [-0.39, 0.29) is 17.4 Å². The highest BCUT2D eigenvalue weighted by Gasteiger charge is 2.61. The number of hydrogen-bond donors (Lipinski definition) is 1. The van der Waals surface area contributed by atoms with Crippen molar-refractivity contribution >= 4 is 6.08 Å². The van der Waals surface area contributed by atoms with Gasteiger partial charge in [0.25, 0.3) is 0 Å². The molecule has 1 aliphatic rings. The van der Waals surface area contributed by atoms with Gasteiger partial charge < -0.3 is 5.11 Å². The highest BCUT2D eigenvalue weighted by molar-refractivity contribution is 5.55. The lowest BCUT2D eigenvalue weighted by Gasteiger charge is -2.19. The van der Waals surface area contributed by atoms with Crippen LogP contribution in [0.1, 0.15) is 32.8 Å². The van der Waals surface area contributed by atoms with Crippen LogP contribution in [0.4, 0.5) is 0 Å². The molecule has 0 saturated heterocycles. The van der Waals surface area contributed by atoms with Crippen LogP contribution in [0.3, 0.4) is 0 Å². The molecule has 0 heterocycles. The smallest absolute Gasteiger partial charge is 0.0530 e. The molecule has 0 aromatic heterocycles. The van der Waals surface area contributed by atoms with Crippen molar-refractivity contribution in [2.45, 2.75) is 27.2 Å². The third kappa shape index (κ3) is 1.69. The van der Waals surface area contributed by atoms with Crippen LogP contribution in [-0.2, 0) is 0 Å². The average molecular weight is 216 g/mol. The molecule has 0 aliphatic heterocycles. The number of aliphatic hydroxyl groups excluding tert-OH is 1. The Labute approximate surface area is 97.8 Å². The van der Waals surface area contributed by atoms with E-state index in [0.717, 1.165) is 6.42 Å². The highest BCUT2D eigenvalue weighted by atomic mass is 16.3. The standard InChI is InChI=1S/C15H20O/c1-12(9-13-7-5-4-6-8-13)15(11-16)10-14(15,2)3/h4-9,16H,10-11H2,1-3H3/b12-9+. The van der Waals surface area contributed by atoms with Gasteiger partial charge in [0.1, 0.15) is 0 Å². The molecule has 1 N–H and O–H groups in total. The highest BCUT2D eigenvalue weighted by Crippen LogP contribution is 2.67. The van der Waals surface area contributed by atoms with E-state index in [1.165, 1.54) is 11.1 Å². The van der Waals surface area contributed by atoms with Gasteiger partial charge >= 0.3 is 0 Å². The molecule has 0 radical (unpaired) electrons. The van der Waals surface area contributed by atoms with E-state index in [2.05, 4.69) is 39.0 Å². The molecule has 1 fully saturated rings. The van der Waals surface area contributed by atoms with Crippen LogP contribution in [0.2, 0.25) is 0 Å². The summed E-state index contributed by atoms with van der Waals surface area (Å²) in [5.41, 5.74) is 2.78. The zero-order valence-electron chi connectivity index (χ0n) is 10.3. The molecule has 0 bridgehead atoms. The molecule has 86 valence electrons. The molecule has 1 heteroatoms. The predicted molar refractivity (Wildman–Crippen MR) is 68.0 cm³/mol. The molecule has 1 aliphatic carbocycles. The first kappa shape index (κ1) is 11.4. The molecule has 1 aromatic rings. The van der Waals surface area contributed by atoms with Crippen LogP contribution in [0.15, 0.2) is 35.9 Å². The SMILES string of the molecule is C/C(=C\c1ccccc1)C1(CO)CC1(C)C. The first-order valence-electron chi connectivity index (χ1n) is 5.86. The van der Waals surface area contributed by atoms with Crippen LogP contribution in [0, 0.1) is 10.8 Å². The fourth-order valence-corrected chi connectivity index (χ4v) is 2.72. The Morgan fingerprint density at radius 2 is 1.88 bits per heavy atom. The molecular weight excluding hydrogens is 196 g/mol. The predicted octanol–water partition coefficient (Wildman–Crippen LogP) is 3.50. The summed E-state index contributed by atoms with van der Waals surface area (Å²) < 4.78 is 0. The van der Waals surface area contributed by atoms with Crippen LogP contribution in [0.25, 0.3) is 6.08 Å². The number of aliphatic hydroxyl groups is 1. The number of rotatable bonds is 3. The minimum absolute atomic E-state index is 0.0167. The molecule has 1 unspecified atom stereocenters. The fourth-order valence-electron chi connectivity index (χ4n) is 2.72. The van der Waals surface area contributed by atoms with Crippen LogP contribution < -0.4 is 0 Å². The quantitative estimate of drug-likeness (QED) is 0.820. The third-order valence-corrected chi connectivity index (χ3v) is 4.12. The Morgan fingerprint density at radius 3 is 2.31 bits per heavy atom. The lowest BCUT2D eigenvalue weighted by molar-refractivity contribution is 0.207. The van der Waals surface area contributed by atoms with E-state index in [1.807, 2.05) is 18.2 Å². The second kappa shape index (κ2) is 3.74. The summed E-state index contributed by atoms with van der Waals surface area (Å²) in [6.07, 6.45) is 3.29. The molecule has 1 aromatic carbocycles. The Balaban J connectivity index is 2.27. The Bertz CT molecular complexity index is 403. The molecule has 1 atom stereocenters. The van der Waals surface area contributed by atoms with E-state index >= 15 is 0 Å². The van der Waals surface area contributed by atoms with E-state index in [4.69, 9.17) is 0 Å². The van der Waals surface area contributed by atoms with E-state index in [9.17, 15) is 5.11 Å². The lowest BCUT2D eigenvalue weighted by Crippen LogP contribution is -2.15. The first-order valence-corrected chi connectivity index (χ1v) is 5.86. The van der Waals surface area contributed by atoms with Gasteiger partial charge in [-0.05, 0) is 24.3 Å². The van der Waals surface area contributed by atoms with Crippen molar-refractivity contribution in [2.75, 3.05) is 6.61 Å². The van der Waals surface area contributed by atoms with E-state index in [0.29, 0.717) is 0 Å². The molecule has 1 nitrogen and oxygen atoms in total. The summed E-state index contributed by atoms with van der Waals surface area (Å²) in [6, 6.07) is 10.3. The van der Waals surface area contributed by atoms with E-state index in [1.54, 1.807) is 0 Å². The first-order chi connectivity index (χ1) is 7.52. The van der Waals surface area contributed by atoms with Crippen LogP contribution >= 0.6 is 0 Å². The molecule has 2 rings (SSSR count). The maximum absolute atomic E-state index is 9.60. The monoisotopic (exact) mass is 216 g/mol. The van der Waals surface area contributed by atoms with Gasteiger partial charge in [-0.3, -0.25) is 0 Å². The van der Waals surface area contributed by atoms with Crippen LogP contribution in [-0.4, -0.2) is 11.7 Å². The van der Waals surface area contributed by atoms with Crippen molar-refractivity contribution in [1.29, 1.82) is 0 Å².